The molecule has 0 spiro atoms. The van der Waals surface area contributed by atoms with Crippen molar-refractivity contribution in [3.63, 3.8) is 0 Å². The summed E-state index contributed by atoms with van der Waals surface area (Å²) >= 11 is 0. The van der Waals surface area contributed by atoms with E-state index < -0.39 is 0 Å². The second-order valence-corrected chi connectivity index (χ2v) is 3.25. The van der Waals surface area contributed by atoms with E-state index >= 15 is 0 Å². The molecular weight excluding hydrogens is 172 g/mol. The molecule has 1 aromatic carbocycles. The van der Waals surface area contributed by atoms with Crippen molar-refractivity contribution in [1.29, 1.82) is 0 Å². The number of hydrogen-bond donors (Lipinski definition) is 0. The molecule has 0 aliphatic carbocycles. The smallest absolute Gasteiger partial charge is 0.103 e. The van der Waals surface area contributed by atoms with Gasteiger partial charge in [0.25, 0.3) is 0 Å². The predicted octanol–water partition coefficient (Wildman–Crippen LogP) is 3.89. The van der Waals surface area contributed by atoms with Gasteiger partial charge in [-0.25, -0.2) is 0 Å². The van der Waals surface area contributed by atoms with E-state index in [1.165, 1.54) is 11.1 Å². The normalized spacial score (nSPS) is 9.07. The number of hydrogen-bond acceptors (Lipinski definition) is 1. The lowest BCUT2D eigenvalue weighted by Crippen LogP contribution is -1.71. The summed E-state index contributed by atoms with van der Waals surface area (Å²) in [6.45, 7) is 6.09. The van der Waals surface area contributed by atoms with Gasteiger partial charge in [-0.3, -0.25) is 0 Å². The van der Waals surface area contributed by atoms with E-state index in [1.807, 2.05) is 50.2 Å². The third-order valence-electron chi connectivity index (χ3n) is 2.20. The van der Waals surface area contributed by atoms with Gasteiger partial charge < -0.3 is 4.42 Å². The molecule has 0 aliphatic rings. The van der Waals surface area contributed by atoms with Gasteiger partial charge in [0.1, 0.15) is 5.76 Å². The molecule has 0 N–H and O–H groups in total. The van der Waals surface area contributed by atoms with Gasteiger partial charge in [-0.15, -0.1) is 0 Å². The van der Waals surface area contributed by atoms with E-state index in [9.17, 15) is 0 Å². The van der Waals surface area contributed by atoms with Crippen LogP contribution in [0.2, 0.25) is 0 Å². The van der Waals surface area contributed by atoms with Crippen molar-refractivity contribution in [3.8, 4) is 0 Å². The highest BCUT2D eigenvalue weighted by Gasteiger charge is 1.97. The van der Waals surface area contributed by atoms with Crippen LogP contribution in [0.25, 0.3) is 0 Å². The first kappa shape index (κ1) is 10.6. The monoisotopic (exact) mass is 188 g/mol. The first-order valence-electron chi connectivity index (χ1n) is 4.73. The van der Waals surface area contributed by atoms with Crippen molar-refractivity contribution in [1.82, 2.24) is 0 Å². The van der Waals surface area contributed by atoms with Gasteiger partial charge in [-0.2, -0.15) is 0 Å². The maximum atomic E-state index is 5.09. The van der Waals surface area contributed by atoms with Crippen molar-refractivity contribution in [2.45, 2.75) is 20.8 Å². The van der Waals surface area contributed by atoms with Crippen molar-refractivity contribution in [3.05, 3.63) is 59.5 Å². The Hall–Kier alpha value is -1.50. The third-order valence-corrected chi connectivity index (χ3v) is 2.20. The van der Waals surface area contributed by atoms with Crippen LogP contribution in [0.4, 0.5) is 0 Å². The first-order chi connectivity index (χ1) is 6.72. The van der Waals surface area contributed by atoms with E-state index in [0.29, 0.717) is 0 Å². The molecule has 1 heteroatoms. The topological polar surface area (TPSA) is 13.1 Å². The van der Waals surface area contributed by atoms with E-state index in [1.54, 1.807) is 6.26 Å². The first-order valence-corrected chi connectivity index (χ1v) is 4.73. The molecule has 14 heavy (non-hydrogen) atoms. The second kappa shape index (κ2) is 5.28. The summed E-state index contributed by atoms with van der Waals surface area (Å²) in [6.07, 6.45) is 1.78. The molecule has 0 aliphatic heterocycles. The Morgan fingerprint density at radius 3 is 1.36 bits per heavy atom. The van der Waals surface area contributed by atoms with Gasteiger partial charge in [-0.05, 0) is 31.9 Å². The minimum Gasteiger partial charge on any atom is -0.469 e. The lowest BCUT2D eigenvalue weighted by Gasteiger charge is -1.83. The number of rotatable bonds is 0. The minimum atomic E-state index is 1.03. The summed E-state index contributed by atoms with van der Waals surface area (Å²) in [5.74, 6) is 1.03. The summed E-state index contributed by atoms with van der Waals surface area (Å²) in [5.41, 5.74) is 2.51. The average Bonchev–Trinajstić information content (AvgIpc) is 2.53. The quantitative estimate of drug-likeness (QED) is 0.611. The molecule has 0 fully saturated rings. The molecule has 2 rings (SSSR count). The molecular formula is C13H16O. The van der Waals surface area contributed by atoms with E-state index in [-0.39, 0.29) is 0 Å². The molecule has 74 valence electrons. The highest BCUT2D eigenvalue weighted by molar-refractivity contribution is 5.23. The molecule has 0 saturated heterocycles. The van der Waals surface area contributed by atoms with Crippen LogP contribution in [0.15, 0.2) is 47.1 Å². The largest absolute Gasteiger partial charge is 0.469 e. The Kier molecular flexibility index (Phi) is 3.99. The molecule has 1 aromatic heterocycles. The summed E-state index contributed by atoms with van der Waals surface area (Å²) < 4.78 is 5.09. The fourth-order valence-corrected chi connectivity index (χ4v) is 1.02. The SMILES string of the molecule is Cc1coc(C)c1C.c1ccccc1. The maximum absolute atomic E-state index is 5.09. The fourth-order valence-electron chi connectivity index (χ4n) is 1.02. The van der Waals surface area contributed by atoms with Gasteiger partial charge in [0.15, 0.2) is 0 Å². The highest BCUT2D eigenvalue weighted by Crippen LogP contribution is 2.12. The van der Waals surface area contributed by atoms with Crippen LogP contribution in [0, 0.1) is 20.8 Å². The second-order valence-electron chi connectivity index (χ2n) is 3.25. The van der Waals surface area contributed by atoms with Crippen LogP contribution in [0.1, 0.15) is 16.9 Å². The summed E-state index contributed by atoms with van der Waals surface area (Å²) in [4.78, 5) is 0. The van der Waals surface area contributed by atoms with Gasteiger partial charge in [0.05, 0.1) is 6.26 Å². The van der Waals surface area contributed by atoms with Crippen molar-refractivity contribution in [2.24, 2.45) is 0 Å². The van der Waals surface area contributed by atoms with E-state index in [4.69, 9.17) is 4.42 Å². The molecule has 0 unspecified atom stereocenters. The zero-order chi connectivity index (χ0) is 10.4. The molecule has 0 radical (unpaired) electrons. The average molecular weight is 188 g/mol. The van der Waals surface area contributed by atoms with Crippen LogP contribution in [-0.2, 0) is 0 Å². The molecule has 2 aromatic rings. The Bertz CT molecular complexity index is 314. The predicted molar refractivity (Wildman–Crippen MR) is 59.4 cm³/mol. The van der Waals surface area contributed by atoms with Crippen LogP contribution < -0.4 is 0 Å². The Balaban J connectivity index is 0.000000146. The molecule has 0 saturated carbocycles. The van der Waals surface area contributed by atoms with Gasteiger partial charge in [0.2, 0.25) is 0 Å². The Morgan fingerprint density at radius 2 is 1.21 bits per heavy atom. The molecule has 0 amide bonds. The Labute approximate surface area is 85.4 Å². The van der Waals surface area contributed by atoms with Crippen LogP contribution in [0.3, 0.4) is 0 Å². The molecule has 0 bridgehead atoms. The van der Waals surface area contributed by atoms with Crippen molar-refractivity contribution < 1.29 is 4.42 Å². The number of furan rings is 1. The summed E-state index contributed by atoms with van der Waals surface area (Å²) in [5, 5.41) is 0. The van der Waals surface area contributed by atoms with E-state index in [0.717, 1.165) is 5.76 Å². The van der Waals surface area contributed by atoms with Gasteiger partial charge in [0, 0.05) is 0 Å². The third kappa shape index (κ3) is 3.09. The lowest BCUT2D eigenvalue weighted by atomic mass is 10.2. The summed E-state index contributed by atoms with van der Waals surface area (Å²) in [6, 6.07) is 12.0. The van der Waals surface area contributed by atoms with Crippen molar-refractivity contribution in [2.75, 3.05) is 0 Å². The highest BCUT2D eigenvalue weighted by atomic mass is 16.3. The standard InChI is InChI=1S/C7H10O.C6H6/c1-5-4-8-7(3)6(5)2;1-2-4-6-5-3-1/h4H,1-3H3;1-6H. The summed E-state index contributed by atoms with van der Waals surface area (Å²) in [7, 11) is 0. The maximum Gasteiger partial charge on any atom is 0.103 e. The minimum absolute atomic E-state index is 1.03. The number of benzene rings is 1. The molecule has 0 atom stereocenters. The van der Waals surface area contributed by atoms with Crippen molar-refractivity contribution >= 4 is 0 Å². The van der Waals surface area contributed by atoms with Crippen LogP contribution in [0.5, 0.6) is 0 Å². The fraction of sp³-hybridized carbons (Fsp3) is 0.231. The zero-order valence-electron chi connectivity index (χ0n) is 8.95. The zero-order valence-corrected chi connectivity index (χ0v) is 8.95. The molecule has 1 heterocycles. The van der Waals surface area contributed by atoms with E-state index in [2.05, 4.69) is 6.92 Å². The Morgan fingerprint density at radius 1 is 0.786 bits per heavy atom. The number of aryl methyl sites for hydroxylation is 2. The van der Waals surface area contributed by atoms with Gasteiger partial charge in [-0.1, -0.05) is 36.4 Å². The van der Waals surface area contributed by atoms with Crippen LogP contribution >= 0.6 is 0 Å². The van der Waals surface area contributed by atoms with Crippen LogP contribution in [-0.4, -0.2) is 0 Å². The van der Waals surface area contributed by atoms with Gasteiger partial charge >= 0.3 is 0 Å². The lowest BCUT2D eigenvalue weighted by molar-refractivity contribution is 0.530. The molecule has 1 nitrogen and oxygen atoms in total.